The first-order valence-electron chi connectivity index (χ1n) is 9.51. The summed E-state index contributed by atoms with van der Waals surface area (Å²) in [6.07, 6.45) is 2.66. The summed E-state index contributed by atoms with van der Waals surface area (Å²) in [5.41, 5.74) is 7.84. The zero-order chi connectivity index (χ0) is 23.0. The Hall–Kier alpha value is -3.01. The van der Waals surface area contributed by atoms with E-state index in [1.54, 1.807) is 18.2 Å². The first-order chi connectivity index (χ1) is 15.3. The first-order valence-corrected chi connectivity index (χ1v) is 10.6. The highest BCUT2D eigenvalue weighted by molar-refractivity contribution is 6.46. The molecule has 0 saturated carbocycles. The van der Waals surface area contributed by atoms with Gasteiger partial charge in [0.25, 0.3) is 5.91 Å². The molecule has 1 amide bonds. The molecule has 2 aromatic carbocycles. The minimum Gasteiger partial charge on any atom is -0.380 e. The molecule has 1 saturated heterocycles. The van der Waals surface area contributed by atoms with Gasteiger partial charge in [0.15, 0.2) is 11.4 Å². The summed E-state index contributed by atoms with van der Waals surface area (Å²) in [5, 5.41) is 22.7. The van der Waals surface area contributed by atoms with E-state index < -0.39 is 0 Å². The third-order valence-electron chi connectivity index (χ3n) is 5.28. The van der Waals surface area contributed by atoms with E-state index in [0.29, 0.717) is 52.4 Å². The number of anilines is 3. The zero-order valence-corrected chi connectivity index (χ0v) is 18.8. The Morgan fingerprint density at radius 3 is 2.69 bits per heavy atom. The van der Waals surface area contributed by atoms with Gasteiger partial charge < -0.3 is 20.5 Å². The van der Waals surface area contributed by atoms with Crippen molar-refractivity contribution in [1.29, 1.82) is 10.8 Å². The molecule has 0 spiro atoms. The highest BCUT2D eigenvalue weighted by Crippen LogP contribution is 2.41. The molecule has 0 radical (unpaired) electrons. The summed E-state index contributed by atoms with van der Waals surface area (Å²) in [5.74, 6) is -0.145. The van der Waals surface area contributed by atoms with Gasteiger partial charge in [-0.3, -0.25) is 20.5 Å². The van der Waals surface area contributed by atoms with Gasteiger partial charge in [-0.05, 0) is 30.7 Å². The SMILES string of the molecule is N=CN(C=N)c1ccc(C(=O)N[C@@H]2CCN(c3cc(Cl)c(Cl)c4c(N)noc34)C2)c(Cl)c1. The monoisotopic (exact) mass is 493 g/mol. The van der Waals surface area contributed by atoms with Crippen molar-refractivity contribution < 1.29 is 9.32 Å². The van der Waals surface area contributed by atoms with Crippen LogP contribution in [0.3, 0.4) is 0 Å². The molecule has 1 atom stereocenters. The van der Waals surface area contributed by atoms with Gasteiger partial charge in [0.05, 0.1) is 44.4 Å². The van der Waals surface area contributed by atoms with Crippen LogP contribution >= 0.6 is 34.8 Å². The van der Waals surface area contributed by atoms with Crippen LogP contribution in [0, 0.1) is 10.8 Å². The number of carbonyl (C=O) groups excluding carboxylic acids is 1. The van der Waals surface area contributed by atoms with E-state index in [-0.39, 0.29) is 27.8 Å². The molecule has 0 bridgehead atoms. The van der Waals surface area contributed by atoms with Crippen LogP contribution in [0.15, 0.2) is 28.8 Å². The van der Waals surface area contributed by atoms with Crippen LogP contribution in [0.2, 0.25) is 15.1 Å². The predicted molar refractivity (Wildman–Crippen MR) is 128 cm³/mol. The largest absolute Gasteiger partial charge is 0.380 e. The van der Waals surface area contributed by atoms with Gasteiger partial charge in [-0.1, -0.05) is 40.0 Å². The van der Waals surface area contributed by atoms with Crippen molar-refractivity contribution in [3.63, 3.8) is 0 Å². The number of hydrogen-bond acceptors (Lipinski definition) is 7. The Morgan fingerprint density at radius 1 is 1.25 bits per heavy atom. The van der Waals surface area contributed by atoms with Gasteiger partial charge in [-0.15, -0.1) is 0 Å². The standard InChI is InChI=1S/C20H18Cl3N7O2/c21-13-5-11(30(8-24)9-25)1-2-12(13)20(31)27-10-3-4-29(7-10)15-6-14(22)17(23)16-18(15)32-28-19(16)26/h1-2,5-6,8-10,24-25H,3-4,7H2,(H2,26,28)(H,27,31)/t10-/m1/s1. The van der Waals surface area contributed by atoms with Gasteiger partial charge in [-0.2, -0.15) is 0 Å². The van der Waals surface area contributed by atoms with E-state index in [1.807, 2.05) is 4.90 Å². The number of rotatable bonds is 6. The summed E-state index contributed by atoms with van der Waals surface area (Å²) in [7, 11) is 0. The topological polar surface area (TPSA) is 135 Å². The number of hydrogen-bond donors (Lipinski definition) is 4. The Morgan fingerprint density at radius 2 is 2.00 bits per heavy atom. The molecule has 5 N–H and O–H groups in total. The number of benzene rings is 2. The number of carbonyl (C=O) groups is 1. The number of nitrogens with one attached hydrogen (secondary N) is 3. The normalized spacial score (nSPS) is 15.7. The minimum atomic E-state index is -0.312. The Balaban J connectivity index is 1.50. The van der Waals surface area contributed by atoms with Crippen LogP contribution in [-0.4, -0.2) is 42.9 Å². The quantitative estimate of drug-likeness (QED) is 0.296. The Bertz CT molecular complexity index is 1220. The number of nitrogens with two attached hydrogens (primary N) is 1. The van der Waals surface area contributed by atoms with Crippen LogP contribution in [0.25, 0.3) is 11.0 Å². The molecular formula is C20H18Cl3N7O2. The lowest BCUT2D eigenvalue weighted by molar-refractivity contribution is 0.0940. The van der Waals surface area contributed by atoms with Gasteiger partial charge in [0.2, 0.25) is 0 Å². The van der Waals surface area contributed by atoms with E-state index in [9.17, 15) is 4.79 Å². The lowest BCUT2D eigenvalue weighted by Crippen LogP contribution is -2.37. The van der Waals surface area contributed by atoms with Gasteiger partial charge in [-0.25, -0.2) is 0 Å². The molecule has 1 aliphatic heterocycles. The van der Waals surface area contributed by atoms with E-state index >= 15 is 0 Å². The molecule has 2 heterocycles. The minimum absolute atomic E-state index is 0.136. The molecule has 0 unspecified atom stereocenters. The predicted octanol–water partition coefficient (Wildman–Crippen LogP) is 4.40. The van der Waals surface area contributed by atoms with Crippen LogP contribution in [0.4, 0.5) is 17.2 Å². The molecule has 4 rings (SSSR count). The third kappa shape index (κ3) is 3.94. The van der Waals surface area contributed by atoms with Crippen molar-refractivity contribution >= 4 is 81.5 Å². The average Bonchev–Trinajstić information content (AvgIpc) is 3.38. The number of nitrogen functional groups attached to an aromatic ring is 1. The van der Waals surface area contributed by atoms with Crippen molar-refractivity contribution in [3.8, 4) is 0 Å². The molecule has 1 fully saturated rings. The summed E-state index contributed by atoms with van der Waals surface area (Å²) < 4.78 is 5.38. The maximum Gasteiger partial charge on any atom is 0.253 e. The Labute approximate surface area is 198 Å². The third-order valence-corrected chi connectivity index (χ3v) is 6.38. The molecule has 0 aliphatic carbocycles. The molecule has 9 nitrogen and oxygen atoms in total. The number of nitrogens with zero attached hydrogens (tertiary/aromatic N) is 3. The van der Waals surface area contributed by atoms with E-state index in [2.05, 4.69) is 10.5 Å². The summed E-state index contributed by atoms with van der Waals surface area (Å²) in [6, 6.07) is 6.30. The van der Waals surface area contributed by atoms with Crippen LogP contribution in [0.5, 0.6) is 0 Å². The molecule has 32 heavy (non-hydrogen) atoms. The maximum atomic E-state index is 12.8. The van der Waals surface area contributed by atoms with E-state index in [0.717, 1.165) is 12.7 Å². The van der Waals surface area contributed by atoms with Gasteiger partial charge in [0, 0.05) is 24.8 Å². The van der Waals surface area contributed by atoms with Crippen LogP contribution in [0.1, 0.15) is 16.8 Å². The zero-order valence-electron chi connectivity index (χ0n) is 16.5. The van der Waals surface area contributed by atoms with Crippen molar-refractivity contribution in [2.24, 2.45) is 0 Å². The number of aromatic nitrogens is 1. The van der Waals surface area contributed by atoms with Gasteiger partial charge >= 0.3 is 0 Å². The fourth-order valence-corrected chi connectivity index (χ4v) is 4.38. The molecule has 3 aromatic rings. The number of halogens is 3. The lowest BCUT2D eigenvalue weighted by Gasteiger charge is -2.20. The second-order valence-corrected chi connectivity index (χ2v) is 8.39. The smallest absolute Gasteiger partial charge is 0.253 e. The van der Waals surface area contributed by atoms with Crippen molar-refractivity contribution in [3.05, 3.63) is 44.9 Å². The highest BCUT2D eigenvalue weighted by atomic mass is 35.5. The second-order valence-electron chi connectivity index (χ2n) is 7.20. The maximum absolute atomic E-state index is 12.8. The van der Waals surface area contributed by atoms with Gasteiger partial charge in [0.1, 0.15) is 0 Å². The fourth-order valence-electron chi connectivity index (χ4n) is 3.69. The first kappa shape index (κ1) is 22.2. The molecular weight excluding hydrogens is 477 g/mol. The number of fused-ring (bicyclic) bond motifs is 1. The fraction of sp³-hybridized carbons (Fsp3) is 0.200. The Kier molecular flexibility index (Phi) is 6.14. The molecule has 166 valence electrons. The van der Waals surface area contributed by atoms with Crippen molar-refractivity contribution in [2.75, 3.05) is 28.6 Å². The average molecular weight is 495 g/mol. The van der Waals surface area contributed by atoms with E-state index in [1.165, 1.54) is 11.0 Å². The molecule has 1 aliphatic rings. The van der Waals surface area contributed by atoms with Crippen LogP contribution in [-0.2, 0) is 0 Å². The van der Waals surface area contributed by atoms with Crippen molar-refractivity contribution in [2.45, 2.75) is 12.5 Å². The van der Waals surface area contributed by atoms with Crippen LogP contribution < -0.4 is 20.9 Å². The summed E-state index contributed by atoms with van der Waals surface area (Å²) in [6.45, 7) is 1.17. The highest BCUT2D eigenvalue weighted by Gasteiger charge is 2.29. The molecule has 12 heteroatoms. The molecule has 1 aromatic heterocycles. The van der Waals surface area contributed by atoms with Crippen molar-refractivity contribution in [1.82, 2.24) is 10.5 Å². The second kappa shape index (κ2) is 8.85. The summed E-state index contributed by atoms with van der Waals surface area (Å²) >= 11 is 18.8. The summed E-state index contributed by atoms with van der Waals surface area (Å²) in [4.78, 5) is 16.1. The van der Waals surface area contributed by atoms with E-state index in [4.69, 9.17) is 55.9 Å². The number of amides is 1. The lowest BCUT2D eigenvalue weighted by atomic mass is 10.1.